The summed E-state index contributed by atoms with van der Waals surface area (Å²) in [4.78, 5) is 11.0. The van der Waals surface area contributed by atoms with Crippen molar-refractivity contribution >= 4 is 44.6 Å². The highest BCUT2D eigenvalue weighted by Crippen LogP contribution is 2.29. The van der Waals surface area contributed by atoms with Crippen molar-refractivity contribution in [1.29, 1.82) is 0 Å². The predicted octanol–water partition coefficient (Wildman–Crippen LogP) is 3.52. The highest BCUT2D eigenvalue weighted by Gasteiger charge is 2.22. The van der Waals surface area contributed by atoms with Crippen LogP contribution in [0.2, 0.25) is 5.02 Å². The lowest BCUT2D eigenvalue weighted by Crippen LogP contribution is -2.12. The van der Waals surface area contributed by atoms with Crippen LogP contribution < -0.4 is 4.72 Å². The second-order valence-electron chi connectivity index (χ2n) is 4.45. The van der Waals surface area contributed by atoms with E-state index in [4.69, 9.17) is 16.7 Å². The van der Waals surface area contributed by atoms with E-state index in [0.29, 0.717) is 21.8 Å². The third-order valence-electron chi connectivity index (χ3n) is 2.79. The quantitative estimate of drug-likeness (QED) is 0.888. The fourth-order valence-electron chi connectivity index (χ4n) is 1.73. The second-order valence-corrected chi connectivity index (χ2v) is 7.85. The smallest absolute Gasteiger partial charge is 0.346 e. The summed E-state index contributed by atoms with van der Waals surface area (Å²) >= 11 is 6.55. The predicted molar refractivity (Wildman–Crippen MR) is 83.0 cm³/mol. The molecule has 0 amide bonds. The summed E-state index contributed by atoms with van der Waals surface area (Å²) in [6.07, 6.45) is 0. The molecule has 21 heavy (non-hydrogen) atoms. The molecule has 0 aliphatic carbocycles. The largest absolute Gasteiger partial charge is 0.477 e. The van der Waals surface area contributed by atoms with Gasteiger partial charge in [-0.15, -0.1) is 11.3 Å². The molecule has 0 bridgehead atoms. The van der Waals surface area contributed by atoms with Gasteiger partial charge in [0.15, 0.2) is 0 Å². The summed E-state index contributed by atoms with van der Waals surface area (Å²) in [6, 6.07) is 6.13. The number of halogens is 1. The number of nitrogens with one attached hydrogen (secondary N) is 1. The molecule has 0 unspecified atom stereocenters. The number of anilines is 1. The highest BCUT2D eigenvalue weighted by atomic mass is 35.5. The minimum Gasteiger partial charge on any atom is -0.477 e. The SMILES string of the molecule is Cc1cc(Cl)ccc1NS(=O)(=O)c1cc(C)c(C(=O)O)s1. The molecule has 5 nitrogen and oxygen atoms in total. The van der Waals surface area contributed by atoms with Crippen LogP contribution in [0.1, 0.15) is 20.8 Å². The molecule has 112 valence electrons. The number of hydrogen-bond acceptors (Lipinski definition) is 4. The lowest BCUT2D eigenvalue weighted by atomic mass is 10.2. The van der Waals surface area contributed by atoms with E-state index in [1.54, 1.807) is 32.0 Å². The first-order valence-corrected chi connectivity index (χ1v) is 8.51. The third-order valence-corrected chi connectivity index (χ3v) is 6.09. The number of carboxylic acid groups (broad SMARTS) is 1. The second kappa shape index (κ2) is 5.67. The number of thiophene rings is 1. The number of carbonyl (C=O) groups is 1. The molecule has 1 aromatic carbocycles. The fourth-order valence-corrected chi connectivity index (χ4v) is 4.47. The Morgan fingerprint density at radius 3 is 2.43 bits per heavy atom. The number of sulfonamides is 1. The van der Waals surface area contributed by atoms with Crippen molar-refractivity contribution in [1.82, 2.24) is 0 Å². The van der Waals surface area contributed by atoms with Gasteiger partial charge in [-0.2, -0.15) is 0 Å². The van der Waals surface area contributed by atoms with E-state index >= 15 is 0 Å². The van der Waals surface area contributed by atoms with Crippen LogP contribution in [0.15, 0.2) is 28.5 Å². The van der Waals surface area contributed by atoms with Crippen molar-refractivity contribution < 1.29 is 18.3 Å². The molecular formula is C13H12ClNO4S2. The molecule has 0 saturated heterocycles. The minimum absolute atomic E-state index is 0.0169. The molecule has 0 fully saturated rings. The Hall–Kier alpha value is -1.57. The van der Waals surface area contributed by atoms with Crippen molar-refractivity contribution in [3.63, 3.8) is 0 Å². The Morgan fingerprint density at radius 1 is 1.24 bits per heavy atom. The van der Waals surface area contributed by atoms with E-state index in [1.807, 2.05) is 0 Å². The van der Waals surface area contributed by atoms with Crippen LogP contribution in [0.25, 0.3) is 0 Å². The van der Waals surface area contributed by atoms with Crippen molar-refractivity contribution in [2.45, 2.75) is 18.1 Å². The molecule has 1 heterocycles. The van der Waals surface area contributed by atoms with Crippen molar-refractivity contribution in [3.05, 3.63) is 45.3 Å². The lowest BCUT2D eigenvalue weighted by molar-refractivity contribution is 0.0701. The van der Waals surface area contributed by atoms with Gasteiger partial charge in [0.2, 0.25) is 0 Å². The standard InChI is InChI=1S/C13H12ClNO4S2/c1-7-5-9(14)3-4-10(7)15-21(18,19)11-6-8(2)12(20-11)13(16)17/h3-6,15H,1-2H3,(H,16,17). The maximum atomic E-state index is 12.3. The van der Waals surface area contributed by atoms with E-state index in [0.717, 1.165) is 11.3 Å². The first-order valence-electron chi connectivity index (χ1n) is 5.83. The Morgan fingerprint density at radius 2 is 1.90 bits per heavy atom. The topological polar surface area (TPSA) is 83.5 Å². The summed E-state index contributed by atoms with van der Waals surface area (Å²) in [5, 5.41) is 9.50. The molecule has 0 spiro atoms. The van der Waals surface area contributed by atoms with Crippen LogP contribution in [0.3, 0.4) is 0 Å². The highest BCUT2D eigenvalue weighted by molar-refractivity contribution is 7.94. The molecule has 0 aliphatic rings. The van der Waals surface area contributed by atoms with E-state index < -0.39 is 16.0 Å². The van der Waals surface area contributed by atoms with E-state index in [2.05, 4.69) is 4.72 Å². The van der Waals surface area contributed by atoms with Crippen LogP contribution in [-0.2, 0) is 10.0 Å². The summed E-state index contributed by atoms with van der Waals surface area (Å²) in [5.74, 6) is -1.14. The number of aromatic carboxylic acids is 1. The zero-order chi connectivity index (χ0) is 15.8. The summed E-state index contributed by atoms with van der Waals surface area (Å²) in [5.41, 5.74) is 1.50. The molecule has 2 rings (SSSR count). The molecule has 8 heteroatoms. The Labute approximate surface area is 131 Å². The van der Waals surface area contributed by atoms with Gasteiger partial charge in [-0.3, -0.25) is 4.72 Å². The monoisotopic (exact) mass is 345 g/mol. The van der Waals surface area contributed by atoms with Crippen LogP contribution >= 0.6 is 22.9 Å². The van der Waals surface area contributed by atoms with Crippen LogP contribution in [0.5, 0.6) is 0 Å². The average molecular weight is 346 g/mol. The maximum absolute atomic E-state index is 12.3. The third kappa shape index (κ3) is 3.37. The molecule has 0 atom stereocenters. The van der Waals surface area contributed by atoms with Gasteiger partial charge < -0.3 is 5.11 Å². The molecule has 0 aliphatic heterocycles. The number of benzene rings is 1. The summed E-state index contributed by atoms with van der Waals surface area (Å²) < 4.78 is 27.0. The van der Waals surface area contributed by atoms with Gasteiger partial charge >= 0.3 is 5.97 Å². The molecule has 0 saturated carbocycles. The van der Waals surface area contributed by atoms with E-state index in [1.165, 1.54) is 6.07 Å². The zero-order valence-corrected chi connectivity index (χ0v) is 13.6. The Bertz CT molecular complexity index is 812. The molecular weight excluding hydrogens is 334 g/mol. The minimum atomic E-state index is -3.82. The van der Waals surface area contributed by atoms with Gasteiger partial charge in [0.05, 0.1) is 5.69 Å². The van der Waals surface area contributed by atoms with Crippen molar-refractivity contribution in [2.75, 3.05) is 4.72 Å². The zero-order valence-electron chi connectivity index (χ0n) is 11.2. The average Bonchev–Trinajstić information content (AvgIpc) is 2.76. The number of carboxylic acids is 1. The Balaban J connectivity index is 2.38. The van der Waals surface area contributed by atoms with Crippen molar-refractivity contribution in [3.8, 4) is 0 Å². The van der Waals surface area contributed by atoms with Crippen LogP contribution in [-0.4, -0.2) is 19.5 Å². The van der Waals surface area contributed by atoms with Crippen molar-refractivity contribution in [2.24, 2.45) is 0 Å². The Kier molecular flexibility index (Phi) is 4.27. The normalized spacial score (nSPS) is 11.4. The van der Waals surface area contributed by atoms with Gasteiger partial charge in [0.25, 0.3) is 10.0 Å². The lowest BCUT2D eigenvalue weighted by Gasteiger charge is -2.09. The number of hydrogen-bond donors (Lipinski definition) is 2. The maximum Gasteiger partial charge on any atom is 0.346 e. The summed E-state index contributed by atoms with van der Waals surface area (Å²) in [7, 11) is -3.82. The summed E-state index contributed by atoms with van der Waals surface area (Å²) in [6.45, 7) is 3.29. The van der Waals surface area contributed by atoms with Crippen LogP contribution in [0, 0.1) is 13.8 Å². The van der Waals surface area contributed by atoms with Gasteiger partial charge in [0.1, 0.15) is 9.09 Å². The van der Waals surface area contributed by atoms with E-state index in [-0.39, 0.29) is 9.09 Å². The fraction of sp³-hybridized carbons (Fsp3) is 0.154. The van der Waals surface area contributed by atoms with Gasteiger partial charge in [-0.1, -0.05) is 11.6 Å². The first-order chi connectivity index (χ1) is 9.70. The number of aryl methyl sites for hydroxylation is 2. The molecule has 1 aromatic heterocycles. The molecule has 2 aromatic rings. The van der Waals surface area contributed by atoms with E-state index in [9.17, 15) is 13.2 Å². The van der Waals surface area contributed by atoms with Crippen LogP contribution in [0.4, 0.5) is 5.69 Å². The number of rotatable bonds is 4. The molecule has 2 N–H and O–H groups in total. The molecule has 0 radical (unpaired) electrons. The first kappa shape index (κ1) is 15.8. The van der Waals surface area contributed by atoms with Gasteiger partial charge in [0, 0.05) is 5.02 Å². The van der Waals surface area contributed by atoms with Gasteiger partial charge in [-0.25, -0.2) is 13.2 Å². The van der Waals surface area contributed by atoms with Gasteiger partial charge in [-0.05, 0) is 49.2 Å².